The second-order valence-electron chi connectivity index (χ2n) is 10.3. The smallest absolute Gasteiger partial charge is 0.224 e. The summed E-state index contributed by atoms with van der Waals surface area (Å²) in [4.78, 5) is 17.0. The van der Waals surface area contributed by atoms with Gasteiger partial charge in [-0.25, -0.2) is 15.0 Å². The van der Waals surface area contributed by atoms with Crippen molar-refractivity contribution in [2.45, 2.75) is 89.8 Å². The van der Waals surface area contributed by atoms with Crippen LogP contribution in [0, 0.1) is 5.92 Å². The first-order valence-electron chi connectivity index (χ1n) is 13.3. The first kappa shape index (κ1) is 25.3. The number of likely N-dealkylation sites (tertiary alicyclic amines) is 1. The van der Waals surface area contributed by atoms with Crippen LogP contribution in [0.15, 0.2) is 12.4 Å². The number of aliphatic hydroxyl groups is 1. The molecular weight excluding hydrogens is 428 g/mol. The van der Waals surface area contributed by atoms with Crippen molar-refractivity contribution in [2.24, 2.45) is 5.92 Å². The number of pyridine rings is 1. The molecule has 7 nitrogen and oxygen atoms in total. The van der Waals surface area contributed by atoms with Gasteiger partial charge in [0.05, 0.1) is 23.6 Å². The molecule has 0 radical (unpaired) electrons. The monoisotopic (exact) mass is 470 g/mol. The number of piperidine rings is 1. The molecular formula is C27H42N4O3. The van der Waals surface area contributed by atoms with Gasteiger partial charge in [-0.3, -0.25) is 0 Å². The molecule has 0 bridgehead atoms. The van der Waals surface area contributed by atoms with Crippen LogP contribution in [0.1, 0.15) is 82.5 Å². The van der Waals surface area contributed by atoms with Crippen molar-refractivity contribution < 1.29 is 14.6 Å². The van der Waals surface area contributed by atoms with Gasteiger partial charge in [0.25, 0.3) is 0 Å². The summed E-state index contributed by atoms with van der Waals surface area (Å²) in [7, 11) is 1.75. The van der Waals surface area contributed by atoms with E-state index in [1.165, 1.54) is 18.4 Å². The average molecular weight is 471 g/mol. The largest absolute Gasteiger partial charge is 0.474 e. The van der Waals surface area contributed by atoms with Crippen LogP contribution in [0.5, 0.6) is 5.88 Å². The Balaban J connectivity index is 1.56. The molecule has 34 heavy (non-hydrogen) atoms. The second-order valence-corrected chi connectivity index (χ2v) is 10.3. The predicted molar refractivity (Wildman–Crippen MR) is 134 cm³/mol. The molecule has 1 unspecified atom stereocenters. The lowest BCUT2D eigenvalue weighted by Gasteiger charge is -2.32. The molecule has 1 N–H and O–H groups in total. The zero-order chi connectivity index (χ0) is 23.9. The maximum Gasteiger partial charge on any atom is 0.224 e. The Morgan fingerprint density at radius 1 is 1.09 bits per heavy atom. The van der Waals surface area contributed by atoms with E-state index in [4.69, 9.17) is 24.4 Å². The van der Waals surface area contributed by atoms with Gasteiger partial charge in [0.15, 0.2) is 0 Å². The highest BCUT2D eigenvalue weighted by molar-refractivity contribution is 5.85. The van der Waals surface area contributed by atoms with Gasteiger partial charge in [0.1, 0.15) is 11.9 Å². The minimum Gasteiger partial charge on any atom is -0.474 e. The molecule has 2 aliphatic rings. The van der Waals surface area contributed by atoms with E-state index in [-0.39, 0.29) is 12.2 Å². The molecule has 2 fully saturated rings. The van der Waals surface area contributed by atoms with E-state index in [0.717, 1.165) is 87.9 Å². The lowest BCUT2D eigenvalue weighted by molar-refractivity contribution is 0.0781. The number of aromatic nitrogens is 3. The number of fused-ring (bicyclic) bond motifs is 1. The Bertz CT molecular complexity index is 908. The fourth-order valence-electron chi connectivity index (χ4n) is 5.47. The Morgan fingerprint density at radius 2 is 1.85 bits per heavy atom. The molecule has 4 rings (SSSR count). The summed E-state index contributed by atoms with van der Waals surface area (Å²) in [5, 5.41) is 10.9. The van der Waals surface area contributed by atoms with Crippen molar-refractivity contribution >= 4 is 10.9 Å². The SMILES string of the molecule is CCCC(C)Cc1ncc2c(OC3CCN(CCOC)CC3)ncc(C3CCC(O)CC3)c2n1. The zero-order valence-electron chi connectivity index (χ0n) is 21.2. The first-order chi connectivity index (χ1) is 16.6. The van der Waals surface area contributed by atoms with Gasteiger partial charge in [-0.1, -0.05) is 26.7 Å². The highest BCUT2D eigenvalue weighted by Gasteiger charge is 2.26. The third kappa shape index (κ3) is 6.43. The number of aliphatic hydroxyl groups excluding tert-OH is 1. The fraction of sp³-hybridized carbons (Fsp3) is 0.741. The number of nitrogens with zero attached hydrogens (tertiary/aromatic N) is 4. The molecule has 1 aliphatic carbocycles. The topological polar surface area (TPSA) is 80.6 Å². The van der Waals surface area contributed by atoms with Crippen molar-refractivity contribution in [2.75, 3.05) is 33.4 Å². The Kier molecular flexibility index (Phi) is 9.09. The summed E-state index contributed by atoms with van der Waals surface area (Å²) in [6.07, 6.45) is 12.8. The summed E-state index contributed by atoms with van der Waals surface area (Å²) in [5.74, 6) is 2.52. The van der Waals surface area contributed by atoms with E-state index in [2.05, 4.69) is 18.7 Å². The Labute approximate surface area is 204 Å². The van der Waals surface area contributed by atoms with Crippen LogP contribution in [0.3, 0.4) is 0 Å². The number of hydrogen-bond donors (Lipinski definition) is 1. The third-order valence-corrected chi connectivity index (χ3v) is 7.54. The van der Waals surface area contributed by atoms with Crippen LogP contribution in [-0.4, -0.2) is 70.5 Å². The van der Waals surface area contributed by atoms with E-state index >= 15 is 0 Å². The van der Waals surface area contributed by atoms with Gasteiger partial charge in [-0.05, 0) is 50.4 Å². The molecule has 0 spiro atoms. The van der Waals surface area contributed by atoms with Crippen molar-refractivity contribution in [1.29, 1.82) is 0 Å². The van der Waals surface area contributed by atoms with Gasteiger partial charge in [-0.15, -0.1) is 0 Å². The van der Waals surface area contributed by atoms with Crippen LogP contribution in [0.4, 0.5) is 0 Å². The van der Waals surface area contributed by atoms with Crippen LogP contribution >= 0.6 is 0 Å². The van der Waals surface area contributed by atoms with E-state index < -0.39 is 0 Å². The first-order valence-corrected chi connectivity index (χ1v) is 13.3. The molecule has 1 saturated carbocycles. The average Bonchev–Trinajstić information content (AvgIpc) is 2.84. The van der Waals surface area contributed by atoms with Crippen LogP contribution in [0.2, 0.25) is 0 Å². The van der Waals surface area contributed by atoms with E-state index in [1.807, 2.05) is 12.4 Å². The molecule has 1 atom stereocenters. The van der Waals surface area contributed by atoms with Crippen molar-refractivity contribution in [3.05, 3.63) is 23.8 Å². The quantitative estimate of drug-likeness (QED) is 0.547. The Hall–Kier alpha value is -1.83. The van der Waals surface area contributed by atoms with E-state index in [1.54, 1.807) is 7.11 Å². The zero-order valence-corrected chi connectivity index (χ0v) is 21.2. The minimum absolute atomic E-state index is 0.162. The highest BCUT2D eigenvalue weighted by atomic mass is 16.5. The minimum atomic E-state index is -0.173. The molecule has 3 heterocycles. The molecule has 1 aliphatic heterocycles. The number of rotatable bonds is 10. The van der Waals surface area contributed by atoms with Gasteiger partial charge >= 0.3 is 0 Å². The summed E-state index contributed by atoms with van der Waals surface area (Å²) < 4.78 is 11.7. The fourth-order valence-corrected chi connectivity index (χ4v) is 5.47. The highest BCUT2D eigenvalue weighted by Crippen LogP contribution is 2.38. The number of methoxy groups -OCH3 is 1. The third-order valence-electron chi connectivity index (χ3n) is 7.54. The maximum atomic E-state index is 10.0. The summed E-state index contributed by atoms with van der Waals surface area (Å²) in [5.41, 5.74) is 2.19. The summed E-state index contributed by atoms with van der Waals surface area (Å²) in [6, 6.07) is 0. The lowest BCUT2D eigenvalue weighted by Crippen LogP contribution is -2.39. The standard InChI is InChI=1S/C27H42N4O3/c1-4-5-19(2)16-25-28-18-24-26(30-25)23(20-6-8-21(32)9-7-20)17-29-27(24)34-22-10-12-31(13-11-22)14-15-33-3/h17-22,32H,4-16H2,1-3H3. The normalized spacial score (nSPS) is 23.3. The van der Waals surface area contributed by atoms with Crippen molar-refractivity contribution in [3.63, 3.8) is 0 Å². The lowest BCUT2D eigenvalue weighted by atomic mass is 9.82. The molecule has 188 valence electrons. The molecule has 7 heteroatoms. The number of ether oxygens (including phenoxy) is 2. The molecule has 2 aromatic rings. The van der Waals surface area contributed by atoms with Crippen LogP contribution in [-0.2, 0) is 11.2 Å². The van der Waals surface area contributed by atoms with Crippen LogP contribution in [0.25, 0.3) is 10.9 Å². The second kappa shape index (κ2) is 12.2. The maximum absolute atomic E-state index is 10.0. The van der Waals surface area contributed by atoms with Crippen LogP contribution < -0.4 is 4.74 Å². The van der Waals surface area contributed by atoms with Crippen molar-refractivity contribution in [1.82, 2.24) is 19.9 Å². The van der Waals surface area contributed by atoms with Gasteiger partial charge in [-0.2, -0.15) is 0 Å². The predicted octanol–water partition coefficient (Wildman–Crippen LogP) is 4.51. The molecule has 0 amide bonds. The molecule has 1 saturated heterocycles. The summed E-state index contributed by atoms with van der Waals surface area (Å²) >= 11 is 0. The summed E-state index contributed by atoms with van der Waals surface area (Å²) in [6.45, 7) is 8.29. The van der Waals surface area contributed by atoms with Gasteiger partial charge in [0, 0.05) is 51.1 Å². The van der Waals surface area contributed by atoms with Gasteiger partial charge < -0.3 is 19.5 Å². The molecule has 0 aromatic carbocycles. The van der Waals surface area contributed by atoms with Crippen molar-refractivity contribution in [3.8, 4) is 5.88 Å². The number of hydrogen-bond acceptors (Lipinski definition) is 7. The molecule has 2 aromatic heterocycles. The van der Waals surface area contributed by atoms with E-state index in [0.29, 0.717) is 17.7 Å². The Morgan fingerprint density at radius 3 is 2.56 bits per heavy atom. The van der Waals surface area contributed by atoms with Gasteiger partial charge in [0.2, 0.25) is 5.88 Å². The van der Waals surface area contributed by atoms with E-state index in [9.17, 15) is 5.11 Å².